The summed E-state index contributed by atoms with van der Waals surface area (Å²) < 4.78 is 1.97. The molecule has 0 aliphatic rings. The predicted molar refractivity (Wildman–Crippen MR) is 96.0 cm³/mol. The summed E-state index contributed by atoms with van der Waals surface area (Å²) in [6, 6.07) is 0. The second-order valence-electron chi connectivity index (χ2n) is 5.81. The van der Waals surface area contributed by atoms with Crippen LogP contribution < -0.4 is 10.6 Å². The molecule has 0 amide bonds. The van der Waals surface area contributed by atoms with Crippen LogP contribution >= 0.6 is 11.3 Å². The monoisotopic (exact) mass is 334 g/mol. The van der Waals surface area contributed by atoms with Crippen molar-refractivity contribution in [2.24, 2.45) is 4.99 Å². The normalized spacial score (nSPS) is 12.0. The van der Waals surface area contributed by atoms with E-state index in [0.717, 1.165) is 36.2 Å². The molecule has 0 radical (unpaired) electrons. The average Bonchev–Trinajstić information content (AvgIpc) is 3.15. The summed E-state index contributed by atoms with van der Waals surface area (Å²) in [7, 11) is 1.79. The van der Waals surface area contributed by atoms with E-state index in [1.807, 2.05) is 10.9 Å². The quantitative estimate of drug-likeness (QED) is 0.464. The molecular weight excluding hydrogens is 308 g/mol. The van der Waals surface area contributed by atoms with Gasteiger partial charge in [0.15, 0.2) is 5.96 Å². The van der Waals surface area contributed by atoms with Gasteiger partial charge in [-0.1, -0.05) is 13.8 Å². The highest BCUT2D eigenvalue weighted by Crippen LogP contribution is 2.17. The Kier molecular flexibility index (Phi) is 6.58. The van der Waals surface area contributed by atoms with Crippen LogP contribution in [0.1, 0.15) is 42.5 Å². The molecule has 6 nitrogen and oxygen atoms in total. The second kappa shape index (κ2) is 8.67. The minimum Gasteiger partial charge on any atom is -0.356 e. The van der Waals surface area contributed by atoms with E-state index >= 15 is 0 Å². The fourth-order valence-electron chi connectivity index (χ4n) is 2.09. The van der Waals surface area contributed by atoms with E-state index < -0.39 is 0 Å². The molecule has 0 unspecified atom stereocenters. The van der Waals surface area contributed by atoms with E-state index in [1.165, 1.54) is 5.56 Å². The van der Waals surface area contributed by atoms with Crippen molar-refractivity contribution in [1.29, 1.82) is 0 Å². The van der Waals surface area contributed by atoms with Gasteiger partial charge in [-0.2, -0.15) is 5.10 Å². The van der Waals surface area contributed by atoms with Gasteiger partial charge in [-0.15, -0.1) is 11.3 Å². The number of nitrogens with zero attached hydrogens (tertiary/aromatic N) is 4. The number of hydrogen-bond donors (Lipinski definition) is 2. The van der Waals surface area contributed by atoms with Crippen molar-refractivity contribution in [3.8, 4) is 0 Å². The van der Waals surface area contributed by atoms with Crippen LogP contribution in [0.15, 0.2) is 22.8 Å². The Hall–Kier alpha value is -1.89. The fraction of sp³-hybridized carbons (Fsp3) is 0.562. The second-order valence-corrected chi connectivity index (χ2v) is 6.75. The molecule has 2 rings (SSSR count). The molecule has 0 spiro atoms. The Morgan fingerprint density at radius 2 is 2.22 bits per heavy atom. The lowest BCUT2D eigenvalue weighted by molar-refractivity contribution is 0.570. The summed E-state index contributed by atoms with van der Waals surface area (Å²) in [4.78, 5) is 8.86. The van der Waals surface area contributed by atoms with Gasteiger partial charge in [0.2, 0.25) is 0 Å². The van der Waals surface area contributed by atoms with Crippen LogP contribution in [0, 0.1) is 6.92 Å². The SMILES string of the molecule is CN=C(NCCCn1cc(C)cn1)NCc1nc(C(C)C)cs1. The van der Waals surface area contributed by atoms with E-state index in [0.29, 0.717) is 12.5 Å². The third-order valence-corrected chi connectivity index (χ3v) is 4.28. The van der Waals surface area contributed by atoms with Crippen LogP contribution in [0.25, 0.3) is 0 Å². The standard InChI is InChI=1S/C16H26N6S/c1-12(2)14-11-23-15(21-14)9-19-16(17-4)18-6-5-7-22-10-13(3)8-20-22/h8,10-12H,5-7,9H2,1-4H3,(H2,17,18,19). The first-order chi connectivity index (χ1) is 11.1. The van der Waals surface area contributed by atoms with Gasteiger partial charge in [0.05, 0.1) is 18.4 Å². The summed E-state index contributed by atoms with van der Waals surface area (Å²) in [6.07, 6.45) is 4.94. The summed E-state index contributed by atoms with van der Waals surface area (Å²) in [6.45, 7) is 8.84. The molecule has 0 aliphatic heterocycles. The van der Waals surface area contributed by atoms with Crippen LogP contribution in [0.3, 0.4) is 0 Å². The predicted octanol–water partition coefficient (Wildman–Crippen LogP) is 2.53. The molecule has 2 aromatic rings. The van der Waals surface area contributed by atoms with E-state index in [4.69, 9.17) is 0 Å². The minimum atomic E-state index is 0.475. The molecule has 0 bridgehead atoms. The van der Waals surface area contributed by atoms with Crippen molar-refractivity contribution >= 4 is 17.3 Å². The Balaban J connectivity index is 1.68. The van der Waals surface area contributed by atoms with Gasteiger partial charge in [0.1, 0.15) is 5.01 Å². The third kappa shape index (κ3) is 5.67. The Labute approximate surface area is 142 Å². The molecule has 2 heterocycles. The summed E-state index contributed by atoms with van der Waals surface area (Å²) in [5.74, 6) is 1.28. The van der Waals surface area contributed by atoms with Gasteiger partial charge in [0, 0.05) is 31.7 Å². The van der Waals surface area contributed by atoms with Crippen molar-refractivity contribution in [3.05, 3.63) is 34.0 Å². The topological polar surface area (TPSA) is 67.1 Å². The largest absolute Gasteiger partial charge is 0.356 e. The lowest BCUT2D eigenvalue weighted by Gasteiger charge is -2.10. The van der Waals surface area contributed by atoms with Crippen molar-refractivity contribution < 1.29 is 0 Å². The zero-order chi connectivity index (χ0) is 16.7. The highest BCUT2D eigenvalue weighted by atomic mass is 32.1. The van der Waals surface area contributed by atoms with Gasteiger partial charge >= 0.3 is 0 Å². The van der Waals surface area contributed by atoms with Gasteiger partial charge in [-0.25, -0.2) is 4.98 Å². The van der Waals surface area contributed by atoms with Crippen molar-refractivity contribution in [3.63, 3.8) is 0 Å². The van der Waals surface area contributed by atoms with E-state index in [9.17, 15) is 0 Å². The first kappa shape index (κ1) is 17.5. The van der Waals surface area contributed by atoms with Crippen LogP contribution in [0.2, 0.25) is 0 Å². The maximum atomic E-state index is 4.62. The Bertz CT molecular complexity index is 628. The summed E-state index contributed by atoms with van der Waals surface area (Å²) in [5.41, 5.74) is 2.35. The van der Waals surface area contributed by atoms with Crippen LogP contribution in [-0.4, -0.2) is 34.3 Å². The molecule has 2 aromatic heterocycles. The number of nitrogens with one attached hydrogen (secondary N) is 2. The number of aryl methyl sites for hydroxylation is 2. The van der Waals surface area contributed by atoms with Gasteiger partial charge in [-0.3, -0.25) is 9.67 Å². The highest BCUT2D eigenvalue weighted by Gasteiger charge is 2.06. The molecular formula is C16H26N6S. The number of aliphatic imine (C=N–C) groups is 1. The van der Waals surface area contributed by atoms with Crippen LogP contribution in [0.4, 0.5) is 0 Å². The van der Waals surface area contributed by atoms with Crippen LogP contribution in [-0.2, 0) is 13.1 Å². The first-order valence-corrected chi connectivity index (χ1v) is 8.84. The zero-order valence-electron chi connectivity index (χ0n) is 14.3. The minimum absolute atomic E-state index is 0.475. The maximum Gasteiger partial charge on any atom is 0.191 e. The lowest BCUT2D eigenvalue weighted by Crippen LogP contribution is -2.37. The van der Waals surface area contributed by atoms with Crippen molar-refractivity contribution in [2.75, 3.05) is 13.6 Å². The number of hydrogen-bond acceptors (Lipinski definition) is 4. The molecule has 0 fully saturated rings. The van der Waals surface area contributed by atoms with Crippen LogP contribution in [0.5, 0.6) is 0 Å². The Morgan fingerprint density at radius 1 is 1.39 bits per heavy atom. The van der Waals surface area contributed by atoms with Gasteiger partial charge < -0.3 is 10.6 Å². The van der Waals surface area contributed by atoms with Crippen molar-refractivity contribution in [1.82, 2.24) is 25.4 Å². The highest BCUT2D eigenvalue weighted by molar-refractivity contribution is 7.09. The smallest absolute Gasteiger partial charge is 0.191 e. The molecule has 2 N–H and O–H groups in total. The van der Waals surface area contributed by atoms with Gasteiger partial charge in [-0.05, 0) is 24.8 Å². The van der Waals surface area contributed by atoms with Gasteiger partial charge in [0.25, 0.3) is 0 Å². The van der Waals surface area contributed by atoms with E-state index in [1.54, 1.807) is 18.4 Å². The molecule has 126 valence electrons. The summed E-state index contributed by atoms with van der Waals surface area (Å²) in [5, 5.41) is 14.1. The lowest BCUT2D eigenvalue weighted by atomic mass is 10.2. The number of thiazole rings is 1. The molecule has 23 heavy (non-hydrogen) atoms. The average molecular weight is 334 g/mol. The maximum absolute atomic E-state index is 4.62. The Morgan fingerprint density at radius 3 is 2.83 bits per heavy atom. The van der Waals surface area contributed by atoms with Crippen molar-refractivity contribution in [2.45, 2.75) is 46.2 Å². The van der Waals surface area contributed by atoms with E-state index in [2.05, 4.69) is 58.1 Å². The fourth-order valence-corrected chi connectivity index (χ4v) is 2.98. The third-order valence-electron chi connectivity index (χ3n) is 3.41. The molecule has 0 atom stereocenters. The molecule has 7 heteroatoms. The molecule has 0 aromatic carbocycles. The zero-order valence-corrected chi connectivity index (χ0v) is 15.2. The number of rotatable bonds is 7. The summed E-state index contributed by atoms with van der Waals surface area (Å²) >= 11 is 1.69. The first-order valence-electron chi connectivity index (χ1n) is 7.96. The molecule has 0 saturated heterocycles. The van der Waals surface area contributed by atoms with E-state index in [-0.39, 0.29) is 0 Å². The molecule has 0 saturated carbocycles. The number of aromatic nitrogens is 3. The molecule has 0 aliphatic carbocycles. The number of guanidine groups is 1.